The predicted octanol–water partition coefficient (Wildman–Crippen LogP) is 3.93. The molecule has 0 saturated heterocycles. The van der Waals surface area contributed by atoms with Gasteiger partial charge in [-0.15, -0.1) is 11.3 Å². The summed E-state index contributed by atoms with van der Waals surface area (Å²) >= 11 is 9.01. The molecule has 1 N–H and O–H groups in total. The molecule has 26 heavy (non-hydrogen) atoms. The maximum absolute atomic E-state index is 12.1. The van der Waals surface area contributed by atoms with Crippen molar-refractivity contribution in [3.05, 3.63) is 50.8 Å². The van der Waals surface area contributed by atoms with E-state index in [1.165, 1.54) is 23.1 Å². The molecular weight excluding hydrogens is 392 g/mol. The topological polar surface area (TPSA) is 72.8 Å². The summed E-state index contributed by atoms with van der Waals surface area (Å²) in [7, 11) is 1.67. The summed E-state index contributed by atoms with van der Waals surface area (Å²) in [5.74, 6) is 1.15. The molecule has 9 heteroatoms. The number of halogens is 1. The molecule has 0 fully saturated rings. The summed E-state index contributed by atoms with van der Waals surface area (Å²) < 4.78 is 7.97. The number of thiophene rings is 1. The lowest BCUT2D eigenvalue weighted by Crippen LogP contribution is -2.10. The van der Waals surface area contributed by atoms with Crippen LogP contribution in [0.5, 0.6) is 0 Å². The van der Waals surface area contributed by atoms with Crippen molar-refractivity contribution in [3.63, 3.8) is 0 Å². The van der Waals surface area contributed by atoms with E-state index in [1.54, 1.807) is 7.11 Å². The van der Waals surface area contributed by atoms with Crippen molar-refractivity contribution in [3.8, 4) is 0 Å². The Morgan fingerprint density at radius 2 is 2.19 bits per heavy atom. The second kappa shape index (κ2) is 7.40. The van der Waals surface area contributed by atoms with Gasteiger partial charge in [0.1, 0.15) is 10.5 Å². The smallest absolute Gasteiger partial charge is 0.268 e. The van der Waals surface area contributed by atoms with Crippen molar-refractivity contribution in [1.29, 1.82) is 0 Å². The summed E-state index contributed by atoms with van der Waals surface area (Å²) in [6, 6.07) is 7.52. The van der Waals surface area contributed by atoms with E-state index >= 15 is 0 Å². The van der Waals surface area contributed by atoms with E-state index in [2.05, 4.69) is 19.5 Å². The van der Waals surface area contributed by atoms with Crippen LogP contribution in [0.15, 0.2) is 39.6 Å². The highest BCUT2D eigenvalue weighted by Crippen LogP contribution is 2.28. The van der Waals surface area contributed by atoms with E-state index in [9.17, 15) is 4.79 Å². The first-order valence-electron chi connectivity index (χ1n) is 7.89. The highest BCUT2D eigenvalue weighted by Gasteiger charge is 2.13. The van der Waals surface area contributed by atoms with Gasteiger partial charge < -0.3 is 14.3 Å². The molecule has 0 aliphatic heterocycles. The molecule has 0 atom stereocenters. The van der Waals surface area contributed by atoms with Crippen LogP contribution >= 0.6 is 34.7 Å². The summed E-state index contributed by atoms with van der Waals surface area (Å²) in [6.07, 6.45) is 0. The molecule has 134 valence electrons. The number of nitrogens with one attached hydrogen (secondary N) is 1. The summed E-state index contributed by atoms with van der Waals surface area (Å²) in [5, 5.41) is 3.37. The van der Waals surface area contributed by atoms with Crippen LogP contribution in [0.2, 0.25) is 5.02 Å². The molecule has 0 aliphatic rings. The minimum atomic E-state index is -0.0970. The van der Waals surface area contributed by atoms with E-state index in [0.717, 1.165) is 21.7 Å². The van der Waals surface area contributed by atoms with E-state index < -0.39 is 0 Å². The molecule has 4 aromatic rings. The second-order valence-corrected chi connectivity index (χ2v) is 7.90. The van der Waals surface area contributed by atoms with Crippen molar-refractivity contribution in [2.24, 2.45) is 0 Å². The van der Waals surface area contributed by atoms with Crippen LogP contribution < -0.4 is 5.56 Å². The number of imidazole rings is 1. The lowest BCUT2D eigenvalue weighted by atomic mass is 10.3. The molecular formula is C17H15ClN4O2S2. The predicted molar refractivity (Wildman–Crippen MR) is 106 cm³/mol. The number of nitrogens with zero attached hydrogens (tertiary/aromatic N) is 3. The van der Waals surface area contributed by atoms with Crippen LogP contribution in [0.25, 0.3) is 21.3 Å². The van der Waals surface area contributed by atoms with Gasteiger partial charge in [-0.2, -0.15) is 0 Å². The second-order valence-electron chi connectivity index (χ2n) is 5.61. The summed E-state index contributed by atoms with van der Waals surface area (Å²) in [5.41, 5.74) is 2.48. The van der Waals surface area contributed by atoms with Crippen LogP contribution in [0.1, 0.15) is 5.82 Å². The van der Waals surface area contributed by atoms with Crippen molar-refractivity contribution < 1.29 is 4.74 Å². The average molecular weight is 407 g/mol. The number of rotatable bonds is 6. The van der Waals surface area contributed by atoms with E-state index in [1.807, 2.05) is 29.6 Å². The Balaban J connectivity index is 1.65. The molecule has 0 spiro atoms. The zero-order valence-electron chi connectivity index (χ0n) is 13.9. The highest BCUT2D eigenvalue weighted by atomic mass is 35.5. The van der Waals surface area contributed by atoms with Crippen LogP contribution in [-0.2, 0) is 17.0 Å². The highest BCUT2D eigenvalue weighted by molar-refractivity contribution is 7.98. The van der Waals surface area contributed by atoms with Gasteiger partial charge in [0.15, 0.2) is 5.16 Å². The zero-order valence-corrected chi connectivity index (χ0v) is 16.2. The number of ether oxygens (including phenoxy) is 1. The lowest BCUT2D eigenvalue weighted by Gasteiger charge is -2.08. The molecule has 0 bridgehead atoms. The summed E-state index contributed by atoms with van der Waals surface area (Å²) in [6.45, 7) is 1.27. The largest absolute Gasteiger partial charge is 0.383 e. The number of fused-ring (bicyclic) bond motifs is 2. The van der Waals surface area contributed by atoms with Crippen molar-refractivity contribution in [2.75, 3.05) is 13.7 Å². The maximum atomic E-state index is 12.1. The van der Waals surface area contributed by atoms with Crippen molar-refractivity contribution >= 4 is 55.9 Å². The van der Waals surface area contributed by atoms with Gasteiger partial charge in [0, 0.05) is 18.7 Å². The van der Waals surface area contributed by atoms with E-state index in [4.69, 9.17) is 16.3 Å². The van der Waals surface area contributed by atoms with Crippen LogP contribution in [0.3, 0.4) is 0 Å². The molecule has 0 radical (unpaired) electrons. The first kappa shape index (κ1) is 17.5. The van der Waals surface area contributed by atoms with Gasteiger partial charge in [-0.3, -0.25) is 4.79 Å². The normalized spacial score (nSPS) is 11.6. The van der Waals surface area contributed by atoms with Gasteiger partial charge in [0.05, 0.1) is 28.9 Å². The number of methoxy groups -OCH3 is 1. The van der Waals surface area contributed by atoms with Crippen LogP contribution in [-0.4, -0.2) is 33.2 Å². The zero-order chi connectivity index (χ0) is 18.1. The number of hydrogen-bond acceptors (Lipinski definition) is 6. The fraction of sp³-hybridized carbons (Fsp3) is 0.235. The first-order valence-corrected chi connectivity index (χ1v) is 10.1. The van der Waals surface area contributed by atoms with Gasteiger partial charge in [-0.05, 0) is 29.6 Å². The minimum Gasteiger partial charge on any atom is -0.383 e. The SMILES string of the molecule is COCCn1c(SCc2nc3ccsc3c(=O)[nH]2)nc2cc(Cl)ccc21. The number of hydrogen-bond donors (Lipinski definition) is 1. The molecule has 0 amide bonds. The fourth-order valence-electron chi connectivity index (χ4n) is 2.71. The Morgan fingerprint density at radius 3 is 3.04 bits per heavy atom. The Bertz CT molecular complexity index is 1130. The monoisotopic (exact) mass is 406 g/mol. The molecule has 0 unspecified atom stereocenters. The molecule has 0 saturated carbocycles. The molecule has 3 heterocycles. The van der Waals surface area contributed by atoms with Gasteiger partial charge in [0.25, 0.3) is 5.56 Å². The van der Waals surface area contributed by atoms with Gasteiger partial charge in [0.2, 0.25) is 0 Å². The number of thioether (sulfide) groups is 1. The Hall–Kier alpha value is -1.87. The summed E-state index contributed by atoms with van der Waals surface area (Å²) in [4.78, 5) is 24.2. The first-order chi connectivity index (χ1) is 12.7. The standard InChI is InChI=1S/C17H15ClN4O2S2/c1-24-6-5-22-13-3-2-10(18)8-12(13)20-17(22)26-9-14-19-11-4-7-25-15(11)16(23)21-14/h2-4,7-8H,5-6,9H2,1H3,(H,19,21,23). The number of H-pyrrole nitrogens is 1. The van der Waals surface area contributed by atoms with E-state index in [-0.39, 0.29) is 5.56 Å². The molecule has 3 aromatic heterocycles. The van der Waals surface area contributed by atoms with Gasteiger partial charge in [-0.25, -0.2) is 9.97 Å². The van der Waals surface area contributed by atoms with Crippen LogP contribution in [0.4, 0.5) is 0 Å². The number of benzene rings is 1. The van der Waals surface area contributed by atoms with Crippen molar-refractivity contribution in [2.45, 2.75) is 17.5 Å². The third kappa shape index (κ3) is 3.37. The number of aromatic nitrogens is 4. The Labute approximate surface area is 162 Å². The van der Waals surface area contributed by atoms with E-state index in [0.29, 0.717) is 34.5 Å². The maximum Gasteiger partial charge on any atom is 0.268 e. The van der Waals surface area contributed by atoms with Gasteiger partial charge >= 0.3 is 0 Å². The third-order valence-electron chi connectivity index (χ3n) is 3.90. The molecule has 6 nitrogen and oxygen atoms in total. The lowest BCUT2D eigenvalue weighted by molar-refractivity contribution is 0.186. The van der Waals surface area contributed by atoms with Crippen LogP contribution in [0, 0.1) is 0 Å². The fourth-order valence-corrected chi connectivity index (χ4v) is 4.52. The Kier molecular flexibility index (Phi) is 4.99. The molecule has 4 rings (SSSR count). The van der Waals surface area contributed by atoms with Gasteiger partial charge in [-0.1, -0.05) is 23.4 Å². The number of aromatic amines is 1. The quantitative estimate of drug-likeness (QED) is 0.491. The third-order valence-corrected chi connectivity index (χ3v) is 6.02. The minimum absolute atomic E-state index is 0.0970. The molecule has 1 aromatic carbocycles. The average Bonchev–Trinajstić information content (AvgIpc) is 3.22. The Morgan fingerprint density at radius 1 is 1.31 bits per heavy atom. The van der Waals surface area contributed by atoms with Crippen molar-refractivity contribution in [1.82, 2.24) is 19.5 Å². The molecule has 0 aliphatic carbocycles.